The number of hydrogen-bond donors (Lipinski definition) is 2. The van der Waals surface area contributed by atoms with Crippen molar-refractivity contribution in [2.24, 2.45) is 0 Å². The van der Waals surface area contributed by atoms with E-state index in [1.54, 1.807) is 0 Å². The van der Waals surface area contributed by atoms with E-state index >= 15 is 0 Å². The van der Waals surface area contributed by atoms with Gasteiger partial charge in [-0.3, -0.25) is 24.7 Å². The van der Waals surface area contributed by atoms with Crippen LogP contribution in [0.15, 0.2) is 23.1 Å². The SMILES string of the molecule is O=C1CCC(N2Cc3ccc(CN4CCN(c5nc(N6CCCCC6)nc6c5SCC6)CC4)cc3C2S)C(=O)N1. The third-order valence-electron chi connectivity index (χ3n) is 8.97. The fourth-order valence-corrected chi connectivity index (χ4v) is 8.33. The molecule has 3 fully saturated rings. The van der Waals surface area contributed by atoms with Crippen molar-refractivity contribution < 1.29 is 9.59 Å². The minimum absolute atomic E-state index is 0.137. The number of rotatable bonds is 5. The van der Waals surface area contributed by atoms with Crippen LogP contribution in [-0.2, 0) is 29.1 Å². The predicted molar refractivity (Wildman–Crippen MR) is 160 cm³/mol. The van der Waals surface area contributed by atoms with E-state index in [0.29, 0.717) is 19.4 Å². The number of imide groups is 1. The molecule has 1 aromatic heterocycles. The minimum atomic E-state index is -0.305. The molecule has 2 aromatic rings. The molecule has 40 heavy (non-hydrogen) atoms. The number of carbonyl (C=O) groups excluding carboxylic acids is 2. The Morgan fingerprint density at radius 2 is 1.80 bits per heavy atom. The zero-order chi connectivity index (χ0) is 27.2. The highest BCUT2D eigenvalue weighted by molar-refractivity contribution is 7.99. The van der Waals surface area contributed by atoms with Gasteiger partial charge in [0.15, 0.2) is 0 Å². The second kappa shape index (κ2) is 11.2. The topological polar surface area (TPSA) is 84.9 Å². The molecule has 2 unspecified atom stereocenters. The highest BCUT2D eigenvalue weighted by atomic mass is 32.2. The number of nitrogens with one attached hydrogen (secondary N) is 1. The number of aromatic nitrogens is 2. The van der Waals surface area contributed by atoms with E-state index in [9.17, 15) is 9.59 Å². The second-order valence-corrected chi connectivity index (χ2v) is 13.2. The predicted octanol–water partition coefficient (Wildman–Crippen LogP) is 2.99. The Labute approximate surface area is 245 Å². The average molecular weight is 580 g/mol. The molecular formula is C29H37N7O2S2. The van der Waals surface area contributed by atoms with Crippen LogP contribution in [0.3, 0.4) is 0 Å². The molecule has 11 heteroatoms. The monoisotopic (exact) mass is 579 g/mol. The summed E-state index contributed by atoms with van der Waals surface area (Å²) in [4.78, 5) is 45.0. The van der Waals surface area contributed by atoms with Gasteiger partial charge < -0.3 is 9.80 Å². The van der Waals surface area contributed by atoms with Crippen LogP contribution in [0.5, 0.6) is 0 Å². The van der Waals surface area contributed by atoms with Crippen LogP contribution < -0.4 is 15.1 Å². The molecule has 3 saturated heterocycles. The number of benzene rings is 1. The highest BCUT2D eigenvalue weighted by Crippen LogP contribution is 2.41. The summed E-state index contributed by atoms with van der Waals surface area (Å²) in [5.41, 5.74) is 4.92. The number of piperidine rings is 2. The lowest BCUT2D eigenvalue weighted by Crippen LogP contribution is -2.51. The van der Waals surface area contributed by atoms with Gasteiger partial charge in [0.25, 0.3) is 0 Å². The zero-order valence-electron chi connectivity index (χ0n) is 22.8. The standard InChI is InChI=1S/C29H37N7O2S2/c37-24-7-6-23(27(38)31-24)36-18-20-5-4-19(16-21(20)28(36)39)17-33-11-13-34(14-12-33)26-25-22(8-15-40-25)30-29(32-26)35-9-2-1-3-10-35/h4-5,16,23,28,39H,1-3,6-15,17-18H2,(H,31,37,38). The number of hydrogen-bond acceptors (Lipinski definition) is 10. The largest absolute Gasteiger partial charge is 0.353 e. The molecule has 2 amide bonds. The van der Waals surface area contributed by atoms with E-state index in [-0.39, 0.29) is 23.2 Å². The molecule has 9 nitrogen and oxygen atoms in total. The summed E-state index contributed by atoms with van der Waals surface area (Å²) >= 11 is 6.82. The summed E-state index contributed by atoms with van der Waals surface area (Å²) in [5, 5.41) is 2.36. The van der Waals surface area contributed by atoms with Crippen molar-refractivity contribution in [3.8, 4) is 0 Å². The highest BCUT2D eigenvalue weighted by Gasteiger charge is 2.39. The molecule has 7 rings (SSSR count). The average Bonchev–Trinajstić information content (AvgIpc) is 3.58. The molecule has 6 heterocycles. The lowest BCUT2D eigenvalue weighted by Gasteiger charge is -2.37. The molecule has 5 aliphatic heterocycles. The van der Waals surface area contributed by atoms with Crippen molar-refractivity contribution in [1.29, 1.82) is 0 Å². The quantitative estimate of drug-likeness (QED) is 0.410. The van der Waals surface area contributed by atoms with Crippen LogP contribution in [0, 0.1) is 0 Å². The van der Waals surface area contributed by atoms with Gasteiger partial charge in [0, 0.05) is 71.0 Å². The second-order valence-electron chi connectivity index (χ2n) is 11.6. The third kappa shape index (κ3) is 5.10. The molecule has 0 aliphatic carbocycles. The molecule has 1 N–H and O–H groups in total. The van der Waals surface area contributed by atoms with E-state index in [2.05, 4.69) is 43.1 Å². The maximum Gasteiger partial charge on any atom is 0.243 e. The Balaban J connectivity index is 1.00. The van der Waals surface area contributed by atoms with Crippen LogP contribution in [0.4, 0.5) is 11.8 Å². The first-order valence-electron chi connectivity index (χ1n) is 14.7. The first-order chi connectivity index (χ1) is 19.5. The van der Waals surface area contributed by atoms with Crippen LogP contribution >= 0.6 is 24.4 Å². The molecule has 212 valence electrons. The summed E-state index contributed by atoms with van der Waals surface area (Å²) < 4.78 is 0. The van der Waals surface area contributed by atoms with Gasteiger partial charge in [0.2, 0.25) is 17.8 Å². The van der Waals surface area contributed by atoms with Crippen molar-refractivity contribution in [3.63, 3.8) is 0 Å². The number of amides is 2. The van der Waals surface area contributed by atoms with Crippen molar-refractivity contribution >= 4 is 48.0 Å². The molecule has 5 aliphatic rings. The Morgan fingerprint density at radius 1 is 0.975 bits per heavy atom. The van der Waals surface area contributed by atoms with Crippen LogP contribution in [-0.4, -0.2) is 82.6 Å². The Hall–Kier alpha value is -2.34. The fourth-order valence-electron chi connectivity index (χ4n) is 6.73. The summed E-state index contributed by atoms with van der Waals surface area (Å²) in [6.07, 6.45) is 5.76. The molecule has 0 bridgehead atoms. The fraction of sp³-hybridized carbons (Fsp3) is 0.586. The van der Waals surface area contributed by atoms with Crippen molar-refractivity contribution in [2.75, 3.05) is 54.8 Å². The smallest absolute Gasteiger partial charge is 0.243 e. The van der Waals surface area contributed by atoms with E-state index in [1.807, 2.05) is 11.8 Å². The normalized spacial score (nSPS) is 25.7. The van der Waals surface area contributed by atoms with Gasteiger partial charge in [-0.05, 0) is 42.4 Å². The van der Waals surface area contributed by atoms with Gasteiger partial charge in [-0.2, -0.15) is 17.6 Å². The van der Waals surface area contributed by atoms with E-state index in [0.717, 1.165) is 69.8 Å². The van der Waals surface area contributed by atoms with Gasteiger partial charge >= 0.3 is 0 Å². The number of anilines is 2. The number of fused-ring (bicyclic) bond motifs is 2. The van der Waals surface area contributed by atoms with Gasteiger partial charge in [0.1, 0.15) is 5.82 Å². The summed E-state index contributed by atoms with van der Waals surface area (Å²) in [7, 11) is 0. The lowest BCUT2D eigenvalue weighted by atomic mass is 10.0. The van der Waals surface area contributed by atoms with Gasteiger partial charge in [-0.15, -0.1) is 11.8 Å². The zero-order valence-corrected chi connectivity index (χ0v) is 24.6. The maximum atomic E-state index is 12.5. The third-order valence-corrected chi connectivity index (χ3v) is 10.7. The summed E-state index contributed by atoms with van der Waals surface area (Å²) in [6, 6.07) is 6.38. The number of thiol groups is 1. The van der Waals surface area contributed by atoms with Crippen LogP contribution in [0.2, 0.25) is 0 Å². The van der Waals surface area contributed by atoms with E-state index in [4.69, 9.17) is 22.6 Å². The Kier molecular flexibility index (Phi) is 7.40. The van der Waals surface area contributed by atoms with Gasteiger partial charge in [-0.1, -0.05) is 18.2 Å². The van der Waals surface area contributed by atoms with Crippen molar-refractivity contribution in [1.82, 2.24) is 25.1 Å². The molecule has 0 spiro atoms. The number of nitrogens with zero attached hydrogens (tertiary/aromatic N) is 6. The first kappa shape index (κ1) is 26.6. The van der Waals surface area contributed by atoms with Crippen molar-refractivity contribution in [3.05, 3.63) is 40.6 Å². The van der Waals surface area contributed by atoms with E-state index in [1.165, 1.54) is 46.5 Å². The molecular weight excluding hydrogens is 543 g/mol. The first-order valence-corrected chi connectivity index (χ1v) is 16.2. The molecule has 2 atom stereocenters. The summed E-state index contributed by atoms with van der Waals surface area (Å²) in [5.74, 6) is 2.81. The lowest BCUT2D eigenvalue weighted by molar-refractivity contribution is -0.137. The van der Waals surface area contributed by atoms with Crippen molar-refractivity contribution in [2.45, 2.75) is 67.9 Å². The number of thioether (sulfide) groups is 1. The van der Waals surface area contributed by atoms with E-state index < -0.39 is 0 Å². The Morgan fingerprint density at radius 3 is 2.60 bits per heavy atom. The van der Waals surface area contributed by atoms with Crippen LogP contribution in [0.1, 0.15) is 59.9 Å². The molecule has 0 saturated carbocycles. The number of carbonyl (C=O) groups is 2. The maximum absolute atomic E-state index is 12.5. The van der Waals surface area contributed by atoms with Gasteiger partial charge in [0.05, 0.1) is 22.0 Å². The number of piperazine rings is 1. The molecule has 1 aromatic carbocycles. The van der Waals surface area contributed by atoms with Crippen LogP contribution in [0.25, 0.3) is 0 Å². The minimum Gasteiger partial charge on any atom is -0.353 e. The van der Waals surface area contributed by atoms with Gasteiger partial charge in [-0.25, -0.2) is 4.98 Å². The number of aryl methyl sites for hydroxylation is 1. The summed E-state index contributed by atoms with van der Waals surface area (Å²) in [6.45, 7) is 7.64. The molecule has 0 radical (unpaired) electrons. The Bertz CT molecular complexity index is 1310.